The highest BCUT2D eigenvalue weighted by Crippen LogP contribution is 2.50. The predicted molar refractivity (Wildman–Crippen MR) is 213 cm³/mol. The molecule has 0 aromatic heterocycles. The van der Waals surface area contributed by atoms with Crippen LogP contribution >= 0.6 is 23.5 Å². The molecule has 0 amide bonds. The molecule has 278 valence electrons. The van der Waals surface area contributed by atoms with Gasteiger partial charge >= 0.3 is 0 Å². The molecule has 2 aliphatic heterocycles. The fourth-order valence-electron chi connectivity index (χ4n) is 9.99. The quantitative estimate of drug-likeness (QED) is 0.175. The van der Waals surface area contributed by atoms with Gasteiger partial charge in [-0.2, -0.15) is 0 Å². The minimum atomic E-state index is -0.167. The normalized spacial score (nSPS) is 37.2. The van der Waals surface area contributed by atoms with Crippen molar-refractivity contribution in [1.82, 2.24) is 4.90 Å². The van der Waals surface area contributed by atoms with Crippen LogP contribution in [-0.2, 0) is 9.59 Å². The number of hydrogen-bond donors (Lipinski definition) is 2. The molecule has 51 heavy (non-hydrogen) atoms. The molecule has 2 heterocycles. The maximum absolute atomic E-state index is 11.8. The fraction of sp³-hybridized carbons (Fsp3) is 0.651. The van der Waals surface area contributed by atoms with Crippen LogP contribution in [0.2, 0.25) is 0 Å². The van der Waals surface area contributed by atoms with Gasteiger partial charge in [0.2, 0.25) is 5.04 Å². The highest BCUT2D eigenvalue weighted by atomic mass is 32.2. The first-order valence-corrected chi connectivity index (χ1v) is 21.2. The van der Waals surface area contributed by atoms with Gasteiger partial charge in [0.25, 0.3) is 0 Å². The van der Waals surface area contributed by atoms with Crippen molar-refractivity contribution in [2.75, 3.05) is 26.3 Å². The van der Waals surface area contributed by atoms with Crippen LogP contribution < -0.4 is 0 Å². The summed E-state index contributed by atoms with van der Waals surface area (Å²) in [5, 5.41) is 23.5. The van der Waals surface area contributed by atoms with E-state index in [4.69, 9.17) is 0 Å². The summed E-state index contributed by atoms with van der Waals surface area (Å²) < 4.78 is 2.56. The number of fused-ring (bicyclic) bond motifs is 2. The molecule has 2 saturated carbocycles. The highest BCUT2D eigenvalue weighted by Gasteiger charge is 2.49. The Morgan fingerprint density at radius 2 is 1.45 bits per heavy atom. The lowest BCUT2D eigenvalue weighted by molar-refractivity contribution is -0.560. The molecule has 0 radical (unpaired) electrons. The zero-order valence-electron chi connectivity index (χ0n) is 31.7. The second-order valence-electron chi connectivity index (χ2n) is 17.6. The van der Waals surface area contributed by atoms with E-state index < -0.39 is 0 Å². The van der Waals surface area contributed by atoms with Crippen molar-refractivity contribution >= 4 is 41.1 Å². The van der Waals surface area contributed by atoms with Gasteiger partial charge in [0, 0.05) is 55.4 Å². The second kappa shape index (κ2) is 16.1. The van der Waals surface area contributed by atoms with Gasteiger partial charge in [0.05, 0.1) is 10.3 Å². The lowest BCUT2D eigenvalue weighted by atomic mass is 9.74. The molecule has 0 aromatic carbocycles. The van der Waals surface area contributed by atoms with E-state index in [-0.39, 0.29) is 47.7 Å². The Labute approximate surface area is 315 Å². The summed E-state index contributed by atoms with van der Waals surface area (Å²) in [6, 6.07) is 0.745. The van der Waals surface area contributed by atoms with Crippen molar-refractivity contribution in [1.29, 1.82) is 0 Å². The highest BCUT2D eigenvalue weighted by molar-refractivity contribution is 8.14. The van der Waals surface area contributed by atoms with Crippen molar-refractivity contribution in [3.8, 4) is 0 Å². The van der Waals surface area contributed by atoms with Crippen molar-refractivity contribution in [3.05, 3.63) is 69.9 Å². The molecule has 8 heteroatoms. The number of aliphatic hydroxyl groups excluding tert-OH is 2. The molecule has 4 aliphatic carbocycles. The summed E-state index contributed by atoms with van der Waals surface area (Å²) in [6.45, 7) is 16.1. The Balaban J connectivity index is 1.21. The third-order valence-corrected chi connectivity index (χ3v) is 15.1. The number of carbonyl (C=O) groups excluding carboxylic acids is 2. The molecule has 0 bridgehead atoms. The zero-order chi connectivity index (χ0) is 36.5. The maximum Gasteiger partial charge on any atom is 0.235 e. The van der Waals surface area contributed by atoms with Gasteiger partial charge in [-0.25, -0.2) is 4.58 Å². The number of aldehydes is 2. The summed E-state index contributed by atoms with van der Waals surface area (Å²) in [5.74, 6) is 0.0514. The summed E-state index contributed by atoms with van der Waals surface area (Å²) in [7, 11) is 0. The van der Waals surface area contributed by atoms with E-state index in [2.05, 4.69) is 93.5 Å². The Morgan fingerprint density at radius 3 is 2.12 bits per heavy atom. The number of thioether (sulfide) groups is 2. The van der Waals surface area contributed by atoms with E-state index in [1.807, 2.05) is 23.5 Å². The van der Waals surface area contributed by atoms with Gasteiger partial charge in [0.15, 0.2) is 6.04 Å². The molecule has 3 fully saturated rings. The van der Waals surface area contributed by atoms with Crippen LogP contribution in [0.25, 0.3) is 0 Å². The maximum atomic E-state index is 11.8. The van der Waals surface area contributed by atoms with Crippen molar-refractivity contribution in [2.45, 2.75) is 115 Å². The lowest BCUT2D eigenvalue weighted by Gasteiger charge is -2.36. The van der Waals surface area contributed by atoms with Gasteiger partial charge in [-0.15, -0.1) is 11.8 Å². The lowest BCUT2D eigenvalue weighted by Crippen LogP contribution is -2.43. The van der Waals surface area contributed by atoms with Gasteiger partial charge in [-0.1, -0.05) is 58.1 Å². The Hall–Kier alpha value is -2.13. The average molecular weight is 734 g/mol. The third-order valence-electron chi connectivity index (χ3n) is 12.3. The van der Waals surface area contributed by atoms with E-state index in [9.17, 15) is 19.8 Å². The zero-order valence-corrected chi connectivity index (χ0v) is 33.4. The van der Waals surface area contributed by atoms with Crippen LogP contribution in [0.3, 0.4) is 0 Å². The summed E-state index contributed by atoms with van der Waals surface area (Å²) in [5.41, 5.74) is 5.80. The van der Waals surface area contributed by atoms with Crippen LogP contribution in [0.1, 0.15) is 92.9 Å². The van der Waals surface area contributed by atoms with Crippen LogP contribution in [0, 0.1) is 34.5 Å². The molecular weight excluding hydrogens is 673 g/mol. The molecule has 6 nitrogen and oxygen atoms in total. The third kappa shape index (κ3) is 8.66. The Morgan fingerprint density at radius 1 is 0.804 bits per heavy atom. The van der Waals surface area contributed by atoms with Gasteiger partial charge in [-0.3, -0.25) is 0 Å². The van der Waals surface area contributed by atoms with Crippen molar-refractivity contribution in [3.63, 3.8) is 0 Å². The minimum absolute atomic E-state index is 0.156. The van der Waals surface area contributed by atoms with Crippen molar-refractivity contribution < 1.29 is 24.4 Å². The molecule has 0 aromatic rings. The number of allylic oxidation sites excluding steroid dienone is 10. The number of aliphatic hydroxyl groups is 2. The largest absolute Gasteiger partial charge is 0.396 e. The first kappa shape index (κ1) is 38.6. The molecule has 0 spiro atoms. The predicted octanol–water partition coefficient (Wildman–Crippen LogP) is 7.89. The van der Waals surface area contributed by atoms with Crippen LogP contribution in [0.15, 0.2) is 69.9 Å². The molecule has 2 N–H and O–H groups in total. The molecule has 8 atom stereocenters. The number of carbonyl (C=O) groups is 2. The average Bonchev–Trinajstić information content (AvgIpc) is 3.60. The number of rotatable bonds is 10. The Kier molecular flexibility index (Phi) is 12.2. The Bertz CT molecular complexity index is 1560. The van der Waals surface area contributed by atoms with Crippen molar-refractivity contribution in [2.24, 2.45) is 34.5 Å². The van der Waals surface area contributed by atoms with Gasteiger partial charge < -0.3 is 24.7 Å². The van der Waals surface area contributed by atoms with Crippen LogP contribution in [-0.4, -0.2) is 86.2 Å². The molecule has 6 rings (SSSR count). The summed E-state index contributed by atoms with van der Waals surface area (Å²) in [4.78, 5) is 26.0. The van der Waals surface area contributed by atoms with E-state index in [0.29, 0.717) is 22.6 Å². The first-order chi connectivity index (χ1) is 24.4. The smallest absolute Gasteiger partial charge is 0.235 e. The van der Waals surface area contributed by atoms with E-state index in [0.717, 1.165) is 77.0 Å². The van der Waals surface area contributed by atoms with E-state index in [1.54, 1.807) is 0 Å². The topological polar surface area (TPSA) is 80.8 Å². The molecule has 8 unspecified atom stereocenters. The van der Waals surface area contributed by atoms with Crippen LogP contribution in [0.4, 0.5) is 0 Å². The molecule has 1 saturated heterocycles. The first-order valence-electron chi connectivity index (χ1n) is 19.5. The fourth-order valence-corrected chi connectivity index (χ4v) is 13.3. The molecular formula is C43H61N2O4S2+. The monoisotopic (exact) mass is 733 g/mol. The van der Waals surface area contributed by atoms with Gasteiger partial charge in [0.1, 0.15) is 19.1 Å². The molecule has 6 aliphatic rings. The number of hydrogen-bond acceptors (Lipinski definition) is 7. The number of nitrogens with zero attached hydrogens (tertiary/aromatic N) is 2. The second-order valence-corrected chi connectivity index (χ2v) is 20.1. The van der Waals surface area contributed by atoms with Crippen LogP contribution in [0.5, 0.6) is 0 Å². The SMILES string of the molecule is CCN1/C(=C/C2=CC(=C/C=C/C3=CC(=C/C4=[N+](CC)C5CC(CO)C(CO)CC5S4)/CC(C)(C)C3)/CC(C)(C)C2)SC2CC(C=O)C(C=O)CC21. The van der Waals surface area contributed by atoms with E-state index >= 15 is 0 Å². The summed E-state index contributed by atoms with van der Waals surface area (Å²) in [6.07, 6.45) is 26.2. The van der Waals surface area contributed by atoms with E-state index in [1.165, 1.54) is 32.4 Å². The van der Waals surface area contributed by atoms with Gasteiger partial charge in [-0.05, 0) is 122 Å². The summed E-state index contributed by atoms with van der Waals surface area (Å²) >= 11 is 3.89. The standard InChI is InChI=1S/C43H61N2O4S2/c1-7-44-36-16-32(24-46)34(26-48)18-38(36)50-40(44)14-30-12-28(20-42(3,4)22-30)10-9-11-29-13-31(23-43(5,6)21-29)15-41-45(8-2)37-17-33(25-47)35(27-49)19-39(37)51-41/h9-15,24,26,32-39,47,49H,7-8,16-23,25,27H2,1-6H3/q+1. The minimum Gasteiger partial charge on any atom is -0.396 e.